The summed E-state index contributed by atoms with van der Waals surface area (Å²) in [5.74, 6) is 1.35. The number of amides is 1. The van der Waals surface area contributed by atoms with E-state index in [4.69, 9.17) is 9.15 Å². The van der Waals surface area contributed by atoms with Gasteiger partial charge in [0.2, 0.25) is 5.91 Å². The Bertz CT molecular complexity index is 984. The molecule has 0 unspecified atom stereocenters. The van der Waals surface area contributed by atoms with Crippen LogP contribution in [-0.2, 0) is 4.79 Å². The Hall–Kier alpha value is -3.27. The standard InChI is InChI=1S/C24H23NO3/c1-16(2)21(17-8-5-4-6-9-17)22-23(20-10-7-15-28-20)25(24(22)26)18-11-13-19(27-3)14-12-18/h4-15,22-23H,1-3H3/t22-,23+/m1/s1. The minimum Gasteiger partial charge on any atom is -0.497 e. The third-order valence-corrected chi connectivity index (χ3v) is 5.22. The number of hydrogen-bond donors (Lipinski definition) is 0. The number of ether oxygens (including phenoxy) is 1. The molecule has 1 saturated heterocycles. The zero-order chi connectivity index (χ0) is 19.7. The van der Waals surface area contributed by atoms with Crippen molar-refractivity contribution >= 4 is 17.2 Å². The number of carbonyl (C=O) groups is 1. The summed E-state index contributed by atoms with van der Waals surface area (Å²) >= 11 is 0. The third-order valence-electron chi connectivity index (χ3n) is 5.22. The molecule has 1 amide bonds. The van der Waals surface area contributed by atoms with Gasteiger partial charge in [-0.2, -0.15) is 0 Å². The summed E-state index contributed by atoms with van der Waals surface area (Å²) in [6, 6.07) is 21.3. The van der Waals surface area contributed by atoms with E-state index >= 15 is 0 Å². The van der Waals surface area contributed by atoms with Crippen LogP contribution in [0.15, 0.2) is 83.0 Å². The summed E-state index contributed by atoms with van der Waals surface area (Å²) in [5, 5.41) is 0. The highest BCUT2D eigenvalue weighted by Crippen LogP contribution is 2.50. The van der Waals surface area contributed by atoms with E-state index in [0.717, 1.165) is 33.9 Å². The second-order valence-electron chi connectivity index (χ2n) is 7.12. The van der Waals surface area contributed by atoms with E-state index < -0.39 is 0 Å². The van der Waals surface area contributed by atoms with Gasteiger partial charge in [-0.3, -0.25) is 9.69 Å². The van der Waals surface area contributed by atoms with E-state index in [1.807, 2.05) is 59.5 Å². The van der Waals surface area contributed by atoms with Gasteiger partial charge >= 0.3 is 0 Å². The van der Waals surface area contributed by atoms with Crippen molar-refractivity contribution < 1.29 is 13.9 Å². The predicted octanol–water partition coefficient (Wildman–Crippen LogP) is 5.49. The smallest absolute Gasteiger partial charge is 0.237 e. The Morgan fingerprint density at radius 1 is 0.964 bits per heavy atom. The van der Waals surface area contributed by atoms with Crippen molar-refractivity contribution in [3.8, 4) is 5.75 Å². The molecule has 1 aliphatic heterocycles. The number of methoxy groups -OCH3 is 1. The first-order valence-corrected chi connectivity index (χ1v) is 9.35. The van der Waals surface area contributed by atoms with Gasteiger partial charge in [0.15, 0.2) is 0 Å². The number of furan rings is 1. The zero-order valence-corrected chi connectivity index (χ0v) is 16.3. The number of nitrogens with zero attached hydrogens (tertiary/aromatic N) is 1. The van der Waals surface area contributed by atoms with Crippen LogP contribution in [0.2, 0.25) is 0 Å². The number of hydrogen-bond acceptors (Lipinski definition) is 3. The van der Waals surface area contributed by atoms with Crippen molar-refractivity contribution in [3.63, 3.8) is 0 Å². The van der Waals surface area contributed by atoms with Crippen LogP contribution >= 0.6 is 0 Å². The molecule has 142 valence electrons. The molecule has 2 atom stereocenters. The molecule has 0 bridgehead atoms. The largest absolute Gasteiger partial charge is 0.497 e. The quantitative estimate of drug-likeness (QED) is 0.556. The van der Waals surface area contributed by atoms with Crippen LogP contribution in [0.25, 0.3) is 5.57 Å². The summed E-state index contributed by atoms with van der Waals surface area (Å²) in [6.45, 7) is 4.12. The van der Waals surface area contributed by atoms with E-state index in [1.165, 1.54) is 0 Å². The molecule has 0 radical (unpaired) electrons. The molecule has 2 aromatic carbocycles. The average molecular weight is 373 g/mol. The molecule has 0 aliphatic carbocycles. The highest BCUT2D eigenvalue weighted by molar-refractivity contribution is 6.10. The zero-order valence-electron chi connectivity index (χ0n) is 16.3. The molecule has 0 spiro atoms. The van der Waals surface area contributed by atoms with Gasteiger partial charge in [0.25, 0.3) is 0 Å². The maximum absolute atomic E-state index is 13.4. The van der Waals surface area contributed by atoms with E-state index in [1.54, 1.807) is 13.4 Å². The lowest BCUT2D eigenvalue weighted by Crippen LogP contribution is -2.55. The Kier molecular flexibility index (Phi) is 4.78. The van der Waals surface area contributed by atoms with Crippen LogP contribution < -0.4 is 9.64 Å². The lowest BCUT2D eigenvalue weighted by molar-refractivity contribution is -0.128. The highest BCUT2D eigenvalue weighted by atomic mass is 16.5. The fraction of sp³-hybridized carbons (Fsp3) is 0.208. The minimum atomic E-state index is -0.277. The second-order valence-corrected chi connectivity index (χ2v) is 7.12. The van der Waals surface area contributed by atoms with Crippen molar-refractivity contribution in [2.45, 2.75) is 19.9 Å². The number of allylic oxidation sites excluding steroid dienone is 1. The molecule has 1 aromatic heterocycles. The van der Waals surface area contributed by atoms with Crippen molar-refractivity contribution in [3.05, 3.63) is 89.9 Å². The molecule has 4 rings (SSSR count). The normalized spacial score (nSPS) is 18.5. The van der Waals surface area contributed by atoms with Crippen LogP contribution in [0, 0.1) is 5.92 Å². The van der Waals surface area contributed by atoms with Crippen molar-refractivity contribution in [2.75, 3.05) is 12.0 Å². The predicted molar refractivity (Wildman–Crippen MR) is 110 cm³/mol. The molecule has 4 nitrogen and oxygen atoms in total. The fourth-order valence-corrected chi connectivity index (χ4v) is 3.95. The first-order valence-electron chi connectivity index (χ1n) is 9.35. The Labute approximate surface area is 165 Å². The highest BCUT2D eigenvalue weighted by Gasteiger charge is 2.52. The Balaban J connectivity index is 1.77. The molecule has 3 aromatic rings. The van der Waals surface area contributed by atoms with E-state index in [0.29, 0.717) is 0 Å². The van der Waals surface area contributed by atoms with Crippen LogP contribution in [0.5, 0.6) is 5.75 Å². The lowest BCUT2D eigenvalue weighted by Gasteiger charge is -2.47. The maximum atomic E-state index is 13.4. The Morgan fingerprint density at radius 3 is 2.25 bits per heavy atom. The molecule has 28 heavy (non-hydrogen) atoms. The molecule has 1 aliphatic rings. The fourth-order valence-electron chi connectivity index (χ4n) is 3.95. The number of β-lactam (4-membered cyclic amide) rings is 1. The molecular formula is C24H23NO3. The average Bonchev–Trinajstić information content (AvgIpc) is 3.24. The number of anilines is 1. The monoisotopic (exact) mass is 373 g/mol. The van der Waals surface area contributed by atoms with Crippen molar-refractivity contribution in [1.82, 2.24) is 0 Å². The molecule has 4 heteroatoms. The van der Waals surface area contributed by atoms with Gasteiger partial charge in [-0.1, -0.05) is 35.9 Å². The molecule has 0 N–H and O–H groups in total. The van der Waals surface area contributed by atoms with Gasteiger partial charge in [-0.15, -0.1) is 0 Å². The molecule has 1 fully saturated rings. The van der Waals surface area contributed by atoms with Crippen LogP contribution in [0.1, 0.15) is 31.2 Å². The maximum Gasteiger partial charge on any atom is 0.237 e. The third kappa shape index (κ3) is 3.01. The minimum absolute atomic E-state index is 0.0756. The van der Waals surface area contributed by atoms with Gasteiger partial charge in [0.05, 0.1) is 19.3 Å². The number of carbonyl (C=O) groups excluding carboxylic acids is 1. The van der Waals surface area contributed by atoms with Crippen LogP contribution in [0.4, 0.5) is 5.69 Å². The molecular weight excluding hydrogens is 350 g/mol. The van der Waals surface area contributed by atoms with Crippen LogP contribution in [-0.4, -0.2) is 13.0 Å². The first kappa shape index (κ1) is 18.1. The van der Waals surface area contributed by atoms with Gasteiger partial charge < -0.3 is 9.15 Å². The Morgan fingerprint density at radius 2 is 1.68 bits per heavy atom. The summed E-state index contributed by atoms with van der Waals surface area (Å²) in [7, 11) is 1.63. The summed E-state index contributed by atoms with van der Waals surface area (Å²) in [4.78, 5) is 15.2. The summed E-state index contributed by atoms with van der Waals surface area (Å²) < 4.78 is 11.0. The van der Waals surface area contributed by atoms with Gasteiger partial charge in [0.1, 0.15) is 17.6 Å². The number of rotatable bonds is 5. The summed E-state index contributed by atoms with van der Waals surface area (Å²) in [5.41, 5.74) is 4.11. The van der Waals surface area contributed by atoms with E-state index in [-0.39, 0.29) is 17.9 Å². The van der Waals surface area contributed by atoms with E-state index in [2.05, 4.69) is 26.0 Å². The van der Waals surface area contributed by atoms with Crippen molar-refractivity contribution in [2.24, 2.45) is 5.92 Å². The molecule has 0 saturated carbocycles. The van der Waals surface area contributed by atoms with Crippen LogP contribution in [0.3, 0.4) is 0 Å². The second kappa shape index (κ2) is 7.39. The lowest BCUT2D eigenvalue weighted by atomic mass is 9.75. The first-order chi connectivity index (χ1) is 13.6. The summed E-state index contributed by atoms with van der Waals surface area (Å²) in [6.07, 6.45) is 1.66. The number of benzene rings is 2. The van der Waals surface area contributed by atoms with Gasteiger partial charge in [-0.05, 0) is 61.4 Å². The van der Waals surface area contributed by atoms with E-state index in [9.17, 15) is 4.79 Å². The van der Waals surface area contributed by atoms with Crippen molar-refractivity contribution in [1.29, 1.82) is 0 Å². The SMILES string of the molecule is COc1ccc(N2C(=O)[C@H](C(=C(C)C)c3ccccc3)[C@@H]2c2ccco2)cc1. The molecule has 2 heterocycles. The van der Waals surface area contributed by atoms with Gasteiger partial charge in [0, 0.05) is 5.69 Å². The van der Waals surface area contributed by atoms with Gasteiger partial charge in [-0.25, -0.2) is 0 Å². The topological polar surface area (TPSA) is 42.7 Å².